The molecular formula is C13H14N4O. The van der Waals surface area contributed by atoms with E-state index in [1.165, 1.54) is 12.8 Å². The molecular weight excluding hydrogens is 228 g/mol. The van der Waals surface area contributed by atoms with E-state index in [1.807, 2.05) is 12.1 Å². The second-order valence-corrected chi connectivity index (χ2v) is 5.08. The Bertz CT molecular complexity index is 553. The highest BCUT2D eigenvalue weighted by Crippen LogP contribution is 2.39. The van der Waals surface area contributed by atoms with Gasteiger partial charge < -0.3 is 9.84 Å². The average molecular weight is 242 g/mol. The molecule has 0 aromatic carbocycles. The summed E-state index contributed by atoms with van der Waals surface area (Å²) in [6.45, 7) is 0. The standard InChI is InChI=1S/C13H14N4O/c1-2-11-10(7-9(1)15-11)13-16-12(17-18-13)8-3-5-14-6-4-8/h3-6,9-11,15H,1-2,7H2. The number of aromatic nitrogens is 3. The van der Waals surface area contributed by atoms with Crippen molar-refractivity contribution in [1.82, 2.24) is 20.4 Å². The van der Waals surface area contributed by atoms with Gasteiger partial charge in [-0.2, -0.15) is 4.98 Å². The average Bonchev–Trinajstić information content (AvgIpc) is 3.15. The fraction of sp³-hybridized carbons (Fsp3) is 0.462. The largest absolute Gasteiger partial charge is 0.339 e. The molecule has 0 amide bonds. The predicted molar refractivity (Wildman–Crippen MR) is 64.8 cm³/mol. The van der Waals surface area contributed by atoms with Gasteiger partial charge in [0.25, 0.3) is 0 Å². The molecule has 2 aromatic rings. The summed E-state index contributed by atoms with van der Waals surface area (Å²) >= 11 is 0. The lowest BCUT2D eigenvalue weighted by molar-refractivity contribution is 0.329. The van der Waals surface area contributed by atoms with Crippen molar-refractivity contribution >= 4 is 0 Å². The summed E-state index contributed by atoms with van der Waals surface area (Å²) < 4.78 is 5.43. The summed E-state index contributed by atoms with van der Waals surface area (Å²) in [6, 6.07) is 4.97. The summed E-state index contributed by atoms with van der Waals surface area (Å²) in [4.78, 5) is 8.53. The van der Waals surface area contributed by atoms with Crippen LogP contribution >= 0.6 is 0 Å². The van der Waals surface area contributed by atoms with Crippen LogP contribution < -0.4 is 5.32 Å². The first kappa shape index (κ1) is 10.2. The molecule has 5 nitrogen and oxygen atoms in total. The highest BCUT2D eigenvalue weighted by Gasteiger charge is 2.42. The van der Waals surface area contributed by atoms with Gasteiger partial charge in [-0.1, -0.05) is 5.16 Å². The van der Waals surface area contributed by atoms with Crippen LogP contribution in [0.25, 0.3) is 11.4 Å². The first-order valence-electron chi connectivity index (χ1n) is 6.40. The molecule has 2 fully saturated rings. The quantitative estimate of drug-likeness (QED) is 0.869. The van der Waals surface area contributed by atoms with Crippen molar-refractivity contribution in [2.24, 2.45) is 0 Å². The molecule has 0 saturated carbocycles. The van der Waals surface area contributed by atoms with E-state index in [9.17, 15) is 0 Å². The van der Waals surface area contributed by atoms with Crippen LogP contribution in [-0.2, 0) is 0 Å². The van der Waals surface area contributed by atoms with Crippen molar-refractivity contribution < 1.29 is 4.52 Å². The van der Waals surface area contributed by atoms with E-state index in [2.05, 4.69) is 20.4 Å². The maximum atomic E-state index is 5.43. The third-order valence-electron chi connectivity index (χ3n) is 4.00. The number of nitrogens with one attached hydrogen (secondary N) is 1. The Morgan fingerprint density at radius 2 is 2.11 bits per heavy atom. The van der Waals surface area contributed by atoms with E-state index in [-0.39, 0.29) is 0 Å². The molecule has 2 bridgehead atoms. The van der Waals surface area contributed by atoms with Gasteiger partial charge in [-0.05, 0) is 31.4 Å². The Balaban J connectivity index is 1.63. The molecule has 3 atom stereocenters. The first-order valence-corrected chi connectivity index (χ1v) is 6.40. The van der Waals surface area contributed by atoms with Crippen molar-refractivity contribution in [1.29, 1.82) is 0 Å². The van der Waals surface area contributed by atoms with E-state index in [1.54, 1.807) is 12.4 Å². The minimum Gasteiger partial charge on any atom is -0.339 e. The normalized spacial score (nSPS) is 29.9. The van der Waals surface area contributed by atoms with Crippen LogP contribution in [0.4, 0.5) is 0 Å². The van der Waals surface area contributed by atoms with Crippen LogP contribution in [0, 0.1) is 0 Å². The Morgan fingerprint density at radius 1 is 1.22 bits per heavy atom. The monoisotopic (exact) mass is 242 g/mol. The SMILES string of the molecule is c1cc(-c2noc(C3CC4CCC3N4)n2)ccn1. The fourth-order valence-corrected chi connectivity index (χ4v) is 3.10. The van der Waals surface area contributed by atoms with Crippen LogP contribution in [0.3, 0.4) is 0 Å². The van der Waals surface area contributed by atoms with Gasteiger partial charge in [-0.15, -0.1) is 0 Å². The predicted octanol–water partition coefficient (Wildman–Crippen LogP) is 1.74. The summed E-state index contributed by atoms with van der Waals surface area (Å²) in [7, 11) is 0. The van der Waals surface area contributed by atoms with Crippen LogP contribution in [0.5, 0.6) is 0 Å². The van der Waals surface area contributed by atoms with Crippen LogP contribution in [0.15, 0.2) is 29.0 Å². The van der Waals surface area contributed by atoms with Gasteiger partial charge in [0.2, 0.25) is 11.7 Å². The van der Waals surface area contributed by atoms with Gasteiger partial charge in [0, 0.05) is 30.0 Å². The molecule has 3 unspecified atom stereocenters. The minimum atomic E-state index is 0.395. The summed E-state index contributed by atoms with van der Waals surface area (Å²) in [5.74, 6) is 1.84. The number of hydrogen-bond donors (Lipinski definition) is 1. The van der Waals surface area contributed by atoms with Crippen molar-refractivity contribution in [2.75, 3.05) is 0 Å². The maximum absolute atomic E-state index is 5.43. The van der Waals surface area contributed by atoms with Gasteiger partial charge >= 0.3 is 0 Å². The van der Waals surface area contributed by atoms with Gasteiger partial charge in [-0.3, -0.25) is 4.98 Å². The molecule has 2 aliphatic heterocycles. The molecule has 5 heteroatoms. The topological polar surface area (TPSA) is 63.8 Å². The molecule has 18 heavy (non-hydrogen) atoms. The Labute approximate surface area is 105 Å². The lowest BCUT2D eigenvalue weighted by Crippen LogP contribution is -2.21. The second kappa shape index (κ2) is 3.88. The molecule has 0 aliphatic carbocycles. The maximum Gasteiger partial charge on any atom is 0.231 e. The van der Waals surface area contributed by atoms with Crippen molar-refractivity contribution in [3.63, 3.8) is 0 Å². The van der Waals surface area contributed by atoms with E-state index in [0.717, 1.165) is 17.9 Å². The molecule has 0 spiro atoms. The van der Waals surface area contributed by atoms with Crippen LogP contribution in [-0.4, -0.2) is 27.2 Å². The van der Waals surface area contributed by atoms with Crippen molar-refractivity contribution in [3.8, 4) is 11.4 Å². The Kier molecular flexibility index (Phi) is 2.20. The van der Waals surface area contributed by atoms with E-state index < -0.39 is 0 Å². The molecule has 92 valence electrons. The number of fused-ring (bicyclic) bond motifs is 2. The number of hydrogen-bond acceptors (Lipinski definition) is 5. The highest BCUT2D eigenvalue weighted by atomic mass is 16.5. The number of nitrogens with zero attached hydrogens (tertiary/aromatic N) is 3. The highest BCUT2D eigenvalue weighted by molar-refractivity contribution is 5.52. The second-order valence-electron chi connectivity index (χ2n) is 5.08. The lowest BCUT2D eigenvalue weighted by atomic mass is 9.89. The van der Waals surface area contributed by atoms with E-state index >= 15 is 0 Å². The Hall–Kier alpha value is -1.75. The molecule has 2 saturated heterocycles. The van der Waals surface area contributed by atoms with E-state index in [0.29, 0.717) is 23.8 Å². The summed E-state index contributed by atoms with van der Waals surface area (Å²) in [5, 5.41) is 7.66. The zero-order valence-electron chi connectivity index (χ0n) is 9.91. The lowest BCUT2D eigenvalue weighted by Gasteiger charge is -2.15. The summed E-state index contributed by atoms with van der Waals surface area (Å²) in [6.07, 6.45) is 7.12. The minimum absolute atomic E-state index is 0.395. The van der Waals surface area contributed by atoms with Crippen molar-refractivity contribution in [2.45, 2.75) is 37.3 Å². The van der Waals surface area contributed by atoms with Crippen LogP contribution in [0.2, 0.25) is 0 Å². The fourth-order valence-electron chi connectivity index (χ4n) is 3.10. The molecule has 2 aliphatic rings. The first-order chi connectivity index (χ1) is 8.90. The summed E-state index contributed by atoms with van der Waals surface area (Å²) in [5.41, 5.74) is 0.955. The molecule has 2 aromatic heterocycles. The number of rotatable bonds is 2. The molecule has 4 heterocycles. The van der Waals surface area contributed by atoms with E-state index in [4.69, 9.17) is 4.52 Å². The number of pyridine rings is 1. The third-order valence-corrected chi connectivity index (χ3v) is 4.00. The molecule has 0 radical (unpaired) electrons. The van der Waals surface area contributed by atoms with Gasteiger partial charge in [0.15, 0.2) is 0 Å². The van der Waals surface area contributed by atoms with Gasteiger partial charge in [0.1, 0.15) is 0 Å². The van der Waals surface area contributed by atoms with Crippen molar-refractivity contribution in [3.05, 3.63) is 30.4 Å². The third kappa shape index (κ3) is 1.54. The zero-order valence-corrected chi connectivity index (χ0v) is 9.91. The van der Waals surface area contributed by atoms with Crippen LogP contribution in [0.1, 0.15) is 31.1 Å². The van der Waals surface area contributed by atoms with Gasteiger partial charge in [0.05, 0.1) is 5.92 Å². The smallest absolute Gasteiger partial charge is 0.231 e. The molecule has 4 rings (SSSR count). The van der Waals surface area contributed by atoms with Gasteiger partial charge in [-0.25, -0.2) is 0 Å². The zero-order chi connectivity index (χ0) is 11.9. The molecule has 1 N–H and O–H groups in total. The Morgan fingerprint density at radius 3 is 2.83 bits per heavy atom.